The van der Waals surface area contributed by atoms with Crippen LogP contribution in [-0.4, -0.2) is 12.4 Å². The minimum atomic E-state index is -0.223. The van der Waals surface area contributed by atoms with Crippen molar-refractivity contribution in [3.8, 4) is 0 Å². The Morgan fingerprint density at radius 2 is 2.17 bits per heavy atom. The summed E-state index contributed by atoms with van der Waals surface area (Å²) in [4.78, 5) is 0. The van der Waals surface area contributed by atoms with Crippen LogP contribution in [0.25, 0.3) is 0 Å². The topological polar surface area (TPSA) is 59.1 Å². The fraction of sp³-hybridized carbons (Fsp3) is 0.500. The summed E-state index contributed by atoms with van der Waals surface area (Å²) in [7, 11) is 0. The van der Waals surface area contributed by atoms with Gasteiger partial charge in [0.15, 0.2) is 0 Å². The van der Waals surface area contributed by atoms with E-state index in [9.17, 15) is 0 Å². The Morgan fingerprint density at radius 3 is 2.78 bits per heavy atom. The van der Waals surface area contributed by atoms with E-state index in [0.717, 1.165) is 22.9 Å². The second-order valence-corrected chi connectivity index (χ2v) is 6.00. The van der Waals surface area contributed by atoms with Gasteiger partial charge in [0.2, 0.25) is 0 Å². The molecule has 0 aliphatic carbocycles. The van der Waals surface area contributed by atoms with E-state index in [1.807, 2.05) is 32.0 Å². The molecule has 0 atom stereocenters. The van der Waals surface area contributed by atoms with Crippen LogP contribution in [0.2, 0.25) is 0 Å². The molecule has 0 radical (unpaired) electrons. The van der Waals surface area contributed by atoms with E-state index in [4.69, 9.17) is 15.9 Å². The number of benzene rings is 1. The fourth-order valence-electron chi connectivity index (χ4n) is 1.57. The van der Waals surface area contributed by atoms with Gasteiger partial charge in [0.1, 0.15) is 0 Å². The average molecular weight is 313 g/mol. The molecule has 3 nitrogen and oxygen atoms in total. The summed E-state index contributed by atoms with van der Waals surface area (Å²) in [6, 6.07) is 8.10. The van der Waals surface area contributed by atoms with Gasteiger partial charge in [0.25, 0.3) is 0 Å². The first-order chi connectivity index (χ1) is 8.42. The molecule has 0 unspecified atom stereocenters. The van der Waals surface area contributed by atoms with Gasteiger partial charge in [-0.1, -0.05) is 41.9 Å². The van der Waals surface area contributed by atoms with Crippen molar-refractivity contribution < 1.29 is 4.74 Å². The molecule has 0 heterocycles. The van der Waals surface area contributed by atoms with Crippen LogP contribution in [0.5, 0.6) is 0 Å². The zero-order valence-corrected chi connectivity index (χ0v) is 12.6. The smallest absolute Gasteiger partial charge is 0.0963 e. The van der Waals surface area contributed by atoms with Gasteiger partial charge in [-0.25, -0.2) is 0 Å². The van der Waals surface area contributed by atoms with Gasteiger partial charge in [0.05, 0.1) is 12.4 Å². The summed E-state index contributed by atoms with van der Waals surface area (Å²) in [6.07, 6.45) is 1.79. The van der Waals surface area contributed by atoms with Crippen molar-refractivity contribution in [3.05, 3.63) is 34.3 Å². The molecule has 100 valence electrons. The number of hydrogen-bond acceptors (Lipinski definition) is 2. The van der Waals surface area contributed by atoms with Gasteiger partial charge in [-0.3, -0.25) is 5.41 Å². The molecule has 0 spiro atoms. The lowest BCUT2D eigenvalue weighted by Crippen LogP contribution is -2.30. The first-order valence-corrected chi connectivity index (χ1v) is 6.88. The molecule has 0 saturated heterocycles. The van der Waals surface area contributed by atoms with Gasteiger partial charge < -0.3 is 10.5 Å². The lowest BCUT2D eigenvalue weighted by molar-refractivity contribution is 0.112. The predicted molar refractivity (Wildman–Crippen MR) is 78.7 cm³/mol. The maximum Gasteiger partial charge on any atom is 0.0963 e. The zero-order chi connectivity index (χ0) is 13.6. The molecule has 3 N–H and O–H groups in total. The van der Waals surface area contributed by atoms with E-state index in [1.54, 1.807) is 0 Å². The molecule has 1 aromatic carbocycles. The highest BCUT2D eigenvalue weighted by Crippen LogP contribution is 2.21. The predicted octanol–water partition coefficient (Wildman–Crippen LogP) is 3.71. The minimum Gasteiger partial charge on any atom is -0.387 e. The van der Waals surface area contributed by atoms with Crippen LogP contribution in [0.15, 0.2) is 28.7 Å². The van der Waals surface area contributed by atoms with E-state index < -0.39 is 0 Å². The molecule has 1 rings (SSSR count). The SMILES string of the molecule is CC(C)(CCCOCc1cccc(Br)c1)C(=N)N. The van der Waals surface area contributed by atoms with Crippen LogP contribution >= 0.6 is 15.9 Å². The first kappa shape index (κ1) is 15.2. The van der Waals surface area contributed by atoms with Crippen molar-refractivity contribution in [3.63, 3.8) is 0 Å². The standard InChI is InChI=1S/C14H21BrN2O/c1-14(2,13(16)17)7-4-8-18-10-11-5-3-6-12(15)9-11/h3,5-6,9H,4,7-8,10H2,1-2H3,(H3,16,17). The quantitative estimate of drug-likeness (QED) is 0.458. The van der Waals surface area contributed by atoms with Crippen LogP contribution in [0.3, 0.4) is 0 Å². The number of nitrogens with two attached hydrogens (primary N) is 1. The van der Waals surface area contributed by atoms with Gasteiger partial charge >= 0.3 is 0 Å². The van der Waals surface area contributed by atoms with Crippen LogP contribution in [0.4, 0.5) is 0 Å². The van der Waals surface area contributed by atoms with E-state index in [2.05, 4.69) is 22.0 Å². The summed E-state index contributed by atoms with van der Waals surface area (Å²) in [5.74, 6) is 0.245. The Bertz CT molecular complexity index is 405. The Hall–Kier alpha value is -0.870. The summed E-state index contributed by atoms with van der Waals surface area (Å²) < 4.78 is 6.69. The molecule has 18 heavy (non-hydrogen) atoms. The van der Waals surface area contributed by atoms with Crippen LogP contribution in [0, 0.1) is 10.8 Å². The molecular weight excluding hydrogens is 292 g/mol. The third-order valence-electron chi connectivity index (χ3n) is 2.98. The zero-order valence-electron chi connectivity index (χ0n) is 11.0. The van der Waals surface area contributed by atoms with Crippen molar-refractivity contribution in [1.29, 1.82) is 5.41 Å². The maximum absolute atomic E-state index is 7.47. The second kappa shape index (κ2) is 6.90. The van der Waals surface area contributed by atoms with E-state index >= 15 is 0 Å². The van der Waals surface area contributed by atoms with Crippen molar-refractivity contribution in [2.24, 2.45) is 11.1 Å². The maximum atomic E-state index is 7.47. The Kier molecular flexibility index (Phi) is 5.82. The normalized spacial score (nSPS) is 11.5. The molecule has 0 aliphatic heterocycles. The van der Waals surface area contributed by atoms with Gasteiger partial charge in [-0.05, 0) is 30.5 Å². The Labute approximate surface area is 117 Å². The number of nitrogens with one attached hydrogen (secondary N) is 1. The highest BCUT2D eigenvalue weighted by Gasteiger charge is 2.20. The van der Waals surface area contributed by atoms with Crippen LogP contribution in [0.1, 0.15) is 32.3 Å². The summed E-state index contributed by atoms with van der Waals surface area (Å²) >= 11 is 3.43. The molecule has 4 heteroatoms. The van der Waals surface area contributed by atoms with Gasteiger partial charge in [-0.2, -0.15) is 0 Å². The fourth-order valence-corrected chi connectivity index (χ4v) is 2.01. The third-order valence-corrected chi connectivity index (χ3v) is 3.47. The van der Waals surface area contributed by atoms with Crippen molar-refractivity contribution in [2.75, 3.05) is 6.61 Å². The highest BCUT2D eigenvalue weighted by molar-refractivity contribution is 9.10. The van der Waals surface area contributed by atoms with Crippen molar-refractivity contribution in [2.45, 2.75) is 33.3 Å². The first-order valence-electron chi connectivity index (χ1n) is 6.08. The van der Waals surface area contributed by atoms with E-state index in [1.165, 1.54) is 0 Å². The number of amidine groups is 1. The van der Waals surface area contributed by atoms with Gasteiger partial charge in [0, 0.05) is 16.5 Å². The molecule has 0 saturated carbocycles. The number of hydrogen-bond donors (Lipinski definition) is 2. The number of rotatable bonds is 7. The Balaban J connectivity index is 2.22. The molecule has 1 aromatic rings. The second-order valence-electron chi connectivity index (χ2n) is 5.08. The molecule has 0 aromatic heterocycles. The van der Waals surface area contributed by atoms with Crippen LogP contribution < -0.4 is 5.73 Å². The monoisotopic (exact) mass is 312 g/mol. The van der Waals surface area contributed by atoms with Crippen molar-refractivity contribution >= 4 is 21.8 Å². The van der Waals surface area contributed by atoms with E-state index in [-0.39, 0.29) is 11.3 Å². The lowest BCUT2D eigenvalue weighted by Gasteiger charge is -2.22. The van der Waals surface area contributed by atoms with Gasteiger partial charge in [-0.15, -0.1) is 0 Å². The molecule has 0 amide bonds. The van der Waals surface area contributed by atoms with Crippen LogP contribution in [-0.2, 0) is 11.3 Å². The molecular formula is C14H21BrN2O. The number of ether oxygens (including phenoxy) is 1. The van der Waals surface area contributed by atoms with Crippen molar-refractivity contribution in [1.82, 2.24) is 0 Å². The highest BCUT2D eigenvalue weighted by atomic mass is 79.9. The summed E-state index contributed by atoms with van der Waals surface area (Å²) in [6.45, 7) is 5.30. The van der Waals surface area contributed by atoms with E-state index in [0.29, 0.717) is 13.2 Å². The minimum absolute atomic E-state index is 0.223. The number of halogens is 1. The third kappa shape index (κ3) is 5.19. The summed E-state index contributed by atoms with van der Waals surface area (Å²) in [5.41, 5.74) is 6.47. The molecule has 0 bridgehead atoms. The molecule has 0 aliphatic rings. The summed E-state index contributed by atoms with van der Waals surface area (Å²) in [5, 5.41) is 7.47. The average Bonchev–Trinajstić information content (AvgIpc) is 2.28. The lowest BCUT2D eigenvalue weighted by atomic mass is 9.87. The largest absolute Gasteiger partial charge is 0.387 e. The Morgan fingerprint density at radius 1 is 1.44 bits per heavy atom. The molecule has 0 fully saturated rings.